The highest BCUT2D eigenvalue weighted by molar-refractivity contribution is 6.24. The molecule has 0 heterocycles. The Morgan fingerprint density at radius 3 is 2.19 bits per heavy atom. The van der Waals surface area contributed by atoms with Gasteiger partial charge in [0.05, 0.1) is 12.2 Å². The number of carbonyl (C=O) groups is 2. The van der Waals surface area contributed by atoms with Gasteiger partial charge in [-0.25, -0.2) is 0 Å². The molecule has 0 unspecified atom stereocenters. The maximum atomic E-state index is 12.3. The van der Waals surface area contributed by atoms with Gasteiger partial charge in [0.2, 0.25) is 0 Å². The molecule has 0 aliphatic heterocycles. The van der Waals surface area contributed by atoms with Crippen LogP contribution in [0.3, 0.4) is 0 Å². The molecule has 118 valence electrons. The van der Waals surface area contributed by atoms with Crippen molar-refractivity contribution in [3.63, 3.8) is 0 Å². The van der Waals surface area contributed by atoms with Gasteiger partial charge in [-0.3, -0.25) is 9.59 Å². The SMILES string of the molecule is CCCOC[C@@](C)(O)CCC1=C(C)C(=O)C(C)=C(C)C1=O. The average molecular weight is 294 g/mol. The molecule has 0 fully saturated rings. The Bertz CT molecular complexity index is 495. The second kappa shape index (κ2) is 7.14. The lowest BCUT2D eigenvalue weighted by Crippen LogP contribution is -2.32. The third-order valence-electron chi connectivity index (χ3n) is 3.99. The number of aliphatic hydroxyl groups is 1. The standard InChI is InChI=1S/C17H26O4/c1-6-9-21-10-17(5,20)8-7-14-13(4)15(18)11(2)12(3)16(14)19/h20H,6-10H2,1-5H3/t17-/m0/s1. The largest absolute Gasteiger partial charge is 0.388 e. The summed E-state index contributed by atoms with van der Waals surface area (Å²) in [5, 5.41) is 10.3. The summed E-state index contributed by atoms with van der Waals surface area (Å²) in [4.78, 5) is 24.4. The molecule has 1 atom stereocenters. The smallest absolute Gasteiger partial charge is 0.185 e. The predicted molar refractivity (Wildman–Crippen MR) is 82.1 cm³/mol. The van der Waals surface area contributed by atoms with Gasteiger partial charge in [0.1, 0.15) is 0 Å². The van der Waals surface area contributed by atoms with Crippen molar-refractivity contribution in [2.75, 3.05) is 13.2 Å². The van der Waals surface area contributed by atoms with Crippen molar-refractivity contribution in [1.82, 2.24) is 0 Å². The second-order valence-corrected chi connectivity index (χ2v) is 6.06. The number of carbonyl (C=O) groups excluding carboxylic acids is 2. The zero-order valence-corrected chi connectivity index (χ0v) is 13.7. The molecular formula is C17H26O4. The number of ether oxygens (including phenoxy) is 1. The van der Waals surface area contributed by atoms with Crippen LogP contribution in [0, 0.1) is 0 Å². The summed E-state index contributed by atoms with van der Waals surface area (Å²) in [5.41, 5.74) is 1.09. The van der Waals surface area contributed by atoms with E-state index >= 15 is 0 Å². The number of hydrogen-bond acceptors (Lipinski definition) is 4. The van der Waals surface area contributed by atoms with Gasteiger partial charge < -0.3 is 9.84 Å². The summed E-state index contributed by atoms with van der Waals surface area (Å²) in [5.74, 6) is -0.140. The number of hydrogen-bond donors (Lipinski definition) is 1. The molecule has 0 aromatic heterocycles. The van der Waals surface area contributed by atoms with Crippen molar-refractivity contribution in [1.29, 1.82) is 0 Å². The van der Waals surface area contributed by atoms with Crippen LogP contribution < -0.4 is 0 Å². The van der Waals surface area contributed by atoms with E-state index in [0.29, 0.717) is 41.7 Å². The van der Waals surface area contributed by atoms with Crippen molar-refractivity contribution >= 4 is 11.6 Å². The average Bonchev–Trinajstić information content (AvgIpc) is 2.43. The van der Waals surface area contributed by atoms with Crippen LogP contribution in [-0.2, 0) is 14.3 Å². The van der Waals surface area contributed by atoms with E-state index in [2.05, 4.69) is 0 Å². The second-order valence-electron chi connectivity index (χ2n) is 6.06. The summed E-state index contributed by atoms with van der Waals surface area (Å²) >= 11 is 0. The van der Waals surface area contributed by atoms with Gasteiger partial charge in [0, 0.05) is 28.9 Å². The summed E-state index contributed by atoms with van der Waals surface area (Å²) < 4.78 is 5.37. The topological polar surface area (TPSA) is 63.6 Å². The maximum Gasteiger partial charge on any atom is 0.185 e. The van der Waals surface area contributed by atoms with E-state index in [0.717, 1.165) is 6.42 Å². The summed E-state index contributed by atoms with van der Waals surface area (Å²) in [7, 11) is 0. The molecule has 0 bridgehead atoms. The number of ketones is 2. The summed E-state index contributed by atoms with van der Waals surface area (Å²) in [6, 6.07) is 0. The molecule has 0 aromatic rings. The number of Topliss-reactive ketones (excluding diaryl/α,β-unsaturated/α-hetero) is 2. The molecule has 1 aliphatic rings. The van der Waals surface area contributed by atoms with E-state index in [1.54, 1.807) is 27.7 Å². The fourth-order valence-electron chi connectivity index (χ4n) is 2.36. The van der Waals surface area contributed by atoms with Crippen molar-refractivity contribution in [3.8, 4) is 0 Å². The Kier molecular flexibility index (Phi) is 6.05. The van der Waals surface area contributed by atoms with E-state index < -0.39 is 5.60 Å². The van der Waals surface area contributed by atoms with Crippen LogP contribution >= 0.6 is 0 Å². The van der Waals surface area contributed by atoms with Crippen LogP contribution in [-0.4, -0.2) is 35.5 Å². The molecule has 4 nitrogen and oxygen atoms in total. The highest BCUT2D eigenvalue weighted by atomic mass is 16.5. The monoisotopic (exact) mass is 294 g/mol. The zero-order valence-electron chi connectivity index (χ0n) is 13.7. The van der Waals surface area contributed by atoms with Crippen LogP contribution in [0.1, 0.15) is 53.9 Å². The van der Waals surface area contributed by atoms with Gasteiger partial charge in [-0.1, -0.05) is 6.92 Å². The molecule has 0 spiro atoms. The summed E-state index contributed by atoms with van der Waals surface area (Å²) in [6.45, 7) is 9.61. The minimum Gasteiger partial charge on any atom is -0.388 e. The lowest BCUT2D eigenvalue weighted by Gasteiger charge is -2.25. The molecule has 1 rings (SSSR count). The molecule has 0 saturated heterocycles. The van der Waals surface area contributed by atoms with Gasteiger partial charge in [-0.2, -0.15) is 0 Å². The highest BCUT2D eigenvalue weighted by Crippen LogP contribution is 2.28. The molecular weight excluding hydrogens is 268 g/mol. The first-order chi connectivity index (χ1) is 9.71. The Hall–Kier alpha value is -1.26. The first-order valence-corrected chi connectivity index (χ1v) is 7.48. The van der Waals surface area contributed by atoms with Crippen molar-refractivity contribution in [2.45, 2.75) is 59.5 Å². The van der Waals surface area contributed by atoms with E-state index in [1.807, 2.05) is 6.92 Å². The molecule has 21 heavy (non-hydrogen) atoms. The van der Waals surface area contributed by atoms with Gasteiger partial charge >= 0.3 is 0 Å². The van der Waals surface area contributed by atoms with Gasteiger partial charge in [-0.05, 0) is 47.0 Å². The fraction of sp³-hybridized carbons (Fsp3) is 0.647. The lowest BCUT2D eigenvalue weighted by atomic mass is 9.82. The maximum absolute atomic E-state index is 12.3. The first-order valence-electron chi connectivity index (χ1n) is 7.48. The van der Waals surface area contributed by atoms with E-state index in [1.165, 1.54) is 0 Å². The van der Waals surface area contributed by atoms with Crippen molar-refractivity contribution < 1.29 is 19.4 Å². The molecule has 0 saturated carbocycles. The molecule has 4 heteroatoms. The fourth-order valence-corrected chi connectivity index (χ4v) is 2.36. The number of rotatable bonds is 7. The Balaban J connectivity index is 2.74. The number of allylic oxidation sites excluding steroid dienone is 4. The van der Waals surface area contributed by atoms with Crippen molar-refractivity contribution in [3.05, 3.63) is 22.3 Å². The lowest BCUT2D eigenvalue weighted by molar-refractivity contribution is -0.116. The first kappa shape index (κ1) is 17.8. The van der Waals surface area contributed by atoms with Gasteiger partial charge in [-0.15, -0.1) is 0 Å². The Labute approximate surface area is 126 Å². The quantitative estimate of drug-likeness (QED) is 0.579. The van der Waals surface area contributed by atoms with E-state index in [4.69, 9.17) is 4.74 Å². The minimum absolute atomic E-state index is 0.0658. The Morgan fingerprint density at radius 1 is 1.05 bits per heavy atom. The van der Waals surface area contributed by atoms with Crippen LogP contribution in [0.5, 0.6) is 0 Å². The molecule has 0 aromatic carbocycles. The molecule has 0 amide bonds. The molecule has 1 aliphatic carbocycles. The highest BCUT2D eigenvalue weighted by Gasteiger charge is 2.29. The van der Waals surface area contributed by atoms with Crippen LogP contribution in [0.15, 0.2) is 22.3 Å². The Morgan fingerprint density at radius 2 is 1.62 bits per heavy atom. The van der Waals surface area contributed by atoms with E-state index in [-0.39, 0.29) is 18.2 Å². The van der Waals surface area contributed by atoms with E-state index in [9.17, 15) is 14.7 Å². The van der Waals surface area contributed by atoms with Crippen LogP contribution in [0.4, 0.5) is 0 Å². The summed E-state index contributed by atoms with van der Waals surface area (Å²) in [6.07, 6.45) is 1.69. The predicted octanol–water partition coefficient (Wildman–Crippen LogP) is 2.75. The third-order valence-corrected chi connectivity index (χ3v) is 3.99. The third kappa shape index (κ3) is 4.35. The van der Waals surface area contributed by atoms with Gasteiger partial charge in [0.15, 0.2) is 11.6 Å². The van der Waals surface area contributed by atoms with Crippen LogP contribution in [0.25, 0.3) is 0 Å². The van der Waals surface area contributed by atoms with Gasteiger partial charge in [0.25, 0.3) is 0 Å². The molecule has 1 N–H and O–H groups in total. The normalized spacial score (nSPS) is 19.3. The molecule has 0 radical (unpaired) electrons. The van der Waals surface area contributed by atoms with Crippen molar-refractivity contribution in [2.24, 2.45) is 0 Å². The van der Waals surface area contributed by atoms with Crippen LogP contribution in [0.2, 0.25) is 0 Å². The minimum atomic E-state index is -0.990. The zero-order chi connectivity index (χ0) is 16.2.